The summed E-state index contributed by atoms with van der Waals surface area (Å²) in [4.78, 5) is 12.0. The molecule has 0 heterocycles. The quantitative estimate of drug-likeness (QED) is 0.578. The summed E-state index contributed by atoms with van der Waals surface area (Å²) in [6.07, 6.45) is 0. The summed E-state index contributed by atoms with van der Waals surface area (Å²) < 4.78 is 12.0. The van der Waals surface area contributed by atoms with Gasteiger partial charge in [0.15, 0.2) is 0 Å². The Bertz CT molecular complexity index is 597. The molecular weight excluding hydrogens is 376 g/mol. The van der Waals surface area contributed by atoms with E-state index >= 15 is 0 Å². The van der Waals surface area contributed by atoms with Gasteiger partial charge in [-0.1, -0.05) is 18.2 Å². The molecule has 2 aromatic carbocycles. The van der Waals surface area contributed by atoms with Crippen LogP contribution >= 0.6 is 31.9 Å². The van der Waals surface area contributed by atoms with Gasteiger partial charge in [0.1, 0.15) is 11.5 Å². The average Bonchev–Trinajstić information content (AvgIpc) is 2.42. The van der Waals surface area contributed by atoms with Crippen LogP contribution in [0.15, 0.2) is 51.4 Å². The highest BCUT2D eigenvalue weighted by Gasteiger charge is 2.13. The van der Waals surface area contributed by atoms with E-state index in [-0.39, 0.29) is 0 Å². The van der Waals surface area contributed by atoms with Crippen LogP contribution < -0.4 is 9.47 Å². The van der Waals surface area contributed by atoms with E-state index in [9.17, 15) is 4.79 Å². The Labute approximate surface area is 127 Å². The van der Waals surface area contributed by atoms with Gasteiger partial charge in [-0.2, -0.15) is 0 Å². The van der Waals surface area contributed by atoms with Crippen molar-refractivity contribution in [2.75, 3.05) is 7.11 Å². The minimum absolute atomic E-state index is 0.411. The van der Waals surface area contributed by atoms with Gasteiger partial charge in [0.2, 0.25) is 0 Å². The number of rotatable bonds is 3. The average molecular weight is 386 g/mol. The molecule has 0 saturated carbocycles. The van der Waals surface area contributed by atoms with E-state index in [0.29, 0.717) is 21.5 Å². The van der Waals surface area contributed by atoms with Gasteiger partial charge < -0.3 is 9.47 Å². The highest BCUT2D eigenvalue weighted by atomic mass is 79.9. The summed E-state index contributed by atoms with van der Waals surface area (Å²) in [7, 11) is 1.55. The van der Waals surface area contributed by atoms with Crippen molar-refractivity contribution in [1.82, 2.24) is 0 Å². The predicted molar refractivity (Wildman–Crippen MR) is 79.8 cm³/mol. The maximum absolute atomic E-state index is 12.0. The number of benzene rings is 2. The Hall–Kier alpha value is -1.33. The van der Waals surface area contributed by atoms with Crippen LogP contribution in [0.2, 0.25) is 0 Å². The van der Waals surface area contributed by atoms with Crippen LogP contribution in [0.5, 0.6) is 11.5 Å². The number of methoxy groups -OCH3 is 1. The third-order valence-electron chi connectivity index (χ3n) is 2.42. The van der Waals surface area contributed by atoms with Crippen molar-refractivity contribution in [3.63, 3.8) is 0 Å². The highest BCUT2D eigenvalue weighted by molar-refractivity contribution is 9.11. The van der Waals surface area contributed by atoms with Crippen LogP contribution in [0.3, 0.4) is 0 Å². The molecule has 3 nitrogen and oxygen atoms in total. The van der Waals surface area contributed by atoms with Gasteiger partial charge in [-0.25, -0.2) is 4.79 Å². The van der Waals surface area contributed by atoms with E-state index in [1.807, 2.05) is 6.07 Å². The second kappa shape index (κ2) is 6.21. The van der Waals surface area contributed by atoms with Gasteiger partial charge in [0.25, 0.3) is 0 Å². The number of esters is 1. The zero-order valence-corrected chi connectivity index (χ0v) is 13.2. The topological polar surface area (TPSA) is 35.5 Å². The van der Waals surface area contributed by atoms with Crippen LogP contribution in [-0.2, 0) is 0 Å². The first-order valence-electron chi connectivity index (χ1n) is 5.42. The Kier molecular flexibility index (Phi) is 4.61. The number of ether oxygens (including phenoxy) is 2. The van der Waals surface area contributed by atoms with Gasteiger partial charge in [0.05, 0.1) is 21.6 Å². The zero-order chi connectivity index (χ0) is 13.8. The molecule has 0 saturated heterocycles. The van der Waals surface area contributed by atoms with Crippen LogP contribution in [0, 0.1) is 0 Å². The molecule has 0 aliphatic heterocycles. The predicted octanol–water partition coefficient (Wildman–Crippen LogP) is 4.44. The fourth-order valence-electron chi connectivity index (χ4n) is 1.48. The minimum atomic E-state index is -0.411. The third kappa shape index (κ3) is 3.36. The fraction of sp³-hybridized carbons (Fsp3) is 0.0714. The molecule has 0 radical (unpaired) electrons. The van der Waals surface area contributed by atoms with Crippen molar-refractivity contribution in [1.29, 1.82) is 0 Å². The van der Waals surface area contributed by atoms with Crippen LogP contribution in [0.1, 0.15) is 10.4 Å². The Balaban J connectivity index is 2.26. The molecule has 0 unspecified atom stereocenters. The summed E-state index contributed by atoms with van der Waals surface area (Å²) in [5.74, 6) is 0.596. The second-order valence-electron chi connectivity index (χ2n) is 3.67. The normalized spacial score (nSPS) is 10.1. The molecule has 0 spiro atoms. The van der Waals surface area contributed by atoms with Crippen molar-refractivity contribution < 1.29 is 14.3 Å². The lowest BCUT2D eigenvalue weighted by molar-refractivity contribution is 0.0733. The summed E-state index contributed by atoms with van der Waals surface area (Å²) in [6, 6.07) is 12.2. The lowest BCUT2D eigenvalue weighted by atomic mass is 10.2. The second-order valence-corrected chi connectivity index (χ2v) is 5.38. The Morgan fingerprint density at radius 1 is 1.00 bits per heavy atom. The number of hydrogen-bond acceptors (Lipinski definition) is 3. The van der Waals surface area contributed by atoms with Crippen molar-refractivity contribution in [3.05, 3.63) is 57.0 Å². The molecular formula is C14H10Br2O3. The molecule has 19 heavy (non-hydrogen) atoms. The van der Waals surface area contributed by atoms with Crippen LogP contribution in [-0.4, -0.2) is 13.1 Å². The number of carbonyl (C=O) groups excluding carboxylic acids is 1. The summed E-state index contributed by atoms with van der Waals surface area (Å²) in [5.41, 5.74) is 0.497. The lowest BCUT2D eigenvalue weighted by Crippen LogP contribution is -2.08. The van der Waals surface area contributed by atoms with E-state index in [0.717, 1.165) is 4.47 Å². The fourth-order valence-corrected chi connectivity index (χ4v) is 2.71. The van der Waals surface area contributed by atoms with E-state index in [2.05, 4.69) is 31.9 Å². The number of hydrogen-bond donors (Lipinski definition) is 0. The van der Waals surface area contributed by atoms with E-state index in [1.165, 1.54) is 0 Å². The van der Waals surface area contributed by atoms with E-state index in [4.69, 9.17) is 9.47 Å². The number of carbonyl (C=O) groups is 1. The molecule has 0 fully saturated rings. The first-order valence-corrected chi connectivity index (χ1v) is 7.00. The molecule has 0 amide bonds. The van der Waals surface area contributed by atoms with Crippen LogP contribution in [0.4, 0.5) is 0 Å². The first kappa shape index (κ1) is 14.1. The minimum Gasteiger partial charge on any atom is -0.495 e. The van der Waals surface area contributed by atoms with Crippen molar-refractivity contribution >= 4 is 37.8 Å². The monoisotopic (exact) mass is 384 g/mol. The molecule has 2 aromatic rings. The van der Waals surface area contributed by atoms with Crippen molar-refractivity contribution in [2.24, 2.45) is 0 Å². The molecule has 2 rings (SSSR count). The molecule has 98 valence electrons. The molecule has 5 heteroatoms. The van der Waals surface area contributed by atoms with Crippen molar-refractivity contribution in [2.45, 2.75) is 0 Å². The molecule has 0 aliphatic carbocycles. The van der Waals surface area contributed by atoms with E-state index < -0.39 is 5.97 Å². The molecule has 0 bridgehead atoms. The third-order valence-corrected chi connectivity index (χ3v) is 3.66. The maximum Gasteiger partial charge on any atom is 0.343 e. The summed E-state index contributed by atoms with van der Waals surface area (Å²) in [5, 5.41) is 0. The molecule has 0 aliphatic rings. The summed E-state index contributed by atoms with van der Waals surface area (Å²) in [6.45, 7) is 0. The van der Waals surface area contributed by atoms with E-state index in [1.54, 1.807) is 43.5 Å². The number of halogens is 2. The Morgan fingerprint density at radius 3 is 2.26 bits per heavy atom. The van der Waals surface area contributed by atoms with Gasteiger partial charge in [-0.05, 0) is 50.1 Å². The lowest BCUT2D eigenvalue weighted by Gasteiger charge is -2.10. The van der Waals surface area contributed by atoms with Crippen molar-refractivity contribution in [3.8, 4) is 11.5 Å². The standard InChI is InChI=1S/C14H10Br2O3/c1-18-12-8-13(11(16)7-10(12)15)19-14(17)9-5-3-2-4-6-9/h2-8H,1H3. The van der Waals surface area contributed by atoms with Gasteiger partial charge in [-0.15, -0.1) is 0 Å². The highest BCUT2D eigenvalue weighted by Crippen LogP contribution is 2.36. The SMILES string of the molecule is COc1cc(OC(=O)c2ccccc2)c(Br)cc1Br. The van der Waals surface area contributed by atoms with Crippen LogP contribution in [0.25, 0.3) is 0 Å². The maximum atomic E-state index is 12.0. The smallest absolute Gasteiger partial charge is 0.343 e. The zero-order valence-electron chi connectivity index (χ0n) is 10.0. The molecule has 0 aromatic heterocycles. The van der Waals surface area contributed by atoms with Gasteiger partial charge in [0, 0.05) is 6.07 Å². The Morgan fingerprint density at radius 2 is 1.63 bits per heavy atom. The summed E-state index contributed by atoms with van der Waals surface area (Å²) >= 11 is 6.71. The molecule has 0 N–H and O–H groups in total. The van der Waals surface area contributed by atoms with Gasteiger partial charge in [-0.3, -0.25) is 0 Å². The molecule has 0 atom stereocenters. The largest absolute Gasteiger partial charge is 0.495 e. The first-order chi connectivity index (χ1) is 9.11. The van der Waals surface area contributed by atoms with Gasteiger partial charge >= 0.3 is 5.97 Å².